The molecule has 0 aromatic rings. The molecule has 14 heavy (non-hydrogen) atoms. The highest BCUT2D eigenvalue weighted by Gasteiger charge is 2.09. The maximum absolute atomic E-state index is 11.0. The SMILES string of the molecule is CCC(O)CCC(=O)OCC(O)CC. The van der Waals surface area contributed by atoms with Crippen molar-refractivity contribution in [3.05, 3.63) is 0 Å². The number of rotatable bonds is 7. The molecule has 0 fully saturated rings. The zero-order valence-corrected chi connectivity index (χ0v) is 8.90. The van der Waals surface area contributed by atoms with Crippen molar-refractivity contribution in [2.75, 3.05) is 6.61 Å². The number of aliphatic hydroxyl groups excluding tert-OH is 2. The fourth-order valence-corrected chi connectivity index (χ4v) is 0.868. The fourth-order valence-electron chi connectivity index (χ4n) is 0.868. The third-order valence-corrected chi connectivity index (χ3v) is 2.06. The van der Waals surface area contributed by atoms with Crippen LogP contribution in [0.4, 0.5) is 0 Å². The lowest BCUT2D eigenvalue weighted by atomic mass is 10.1. The van der Waals surface area contributed by atoms with Gasteiger partial charge in [0.25, 0.3) is 0 Å². The predicted molar refractivity (Wildman–Crippen MR) is 52.8 cm³/mol. The Morgan fingerprint density at radius 2 is 1.79 bits per heavy atom. The van der Waals surface area contributed by atoms with Gasteiger partial charge < -0.3 is 14.9 Å². The molecule has 2 N–H and O–H groups in total. The molecule has 2 unspecified atom stereocenters. The molecule has 0 spiro atoms. The van der Waals surface area contributed by atoms with Crippen LogP contribution in [0.25, 0.3) is 0 Å². The van der Waals surface area contributed by atoms with Gasteiger partial charge in [-0.2, -0.15) is 0 Å². The number of aliphatic hydroxyl groups is 2. The largest absolute Gasteiger partial charge is 0.463 e. The summed E-state index contributed by atoms with van der Waals surface area (Å²) in [4.78, 5) is 11.0. The van der Waals surface area contributed by atoms with Crippen molar-refractivity contribution in [1.29, 1.82) is 0 Å². The first-order chi connectivity index (χ1) is 6.60. The van der Waals surface area contributed by atoms with Gasteiger partial charge >= 0.3 is 5.97 Å². The van der Waals surface area contributed by atoms with Gasteiger partial charge in [-0.25, -0.2) is 0 Å². The second-order valence-corrected chi connectivity index (χ2v) is 3.35. The third kappa shape index (κ3) is 6.86. The van der Waals surface area contributed by atoms with Crippen LogP contribution in [0, 0.1) is 0 Å². The van der Waals surface area contributed by atoms with Crippen LogP contribution in [-0.4, -0.2) is 35.0 Å². The molecular formula is C10H20O4. The molecule has 0 aliphatic heterocycles. The molecule has 0 aliphatic rings. The van der Waals surface area contributed by atoms with E-state index in [0.717, 1.165) is 0 Å². The monoisotopic (exact) mass is 204 g/mol. The summed E-state index contributed by atoms with van der Waals surface area (Å²) in [5.41, 5.74) is 0. The lowest BCUT2D eigenvalue weighted by Gasteiger charge is -2.10. The van der Waals surface area contributed by atoms with Crippen LogP contribution in [0.5, 0.6) is 0 Å². The number of carbonyl (C=O) groups is 1. The van der Waals surface area contributed by atoms with E-state index in [9.17, 15) is 9.90 Å². The Kier molecular flexibility index (Phi) is 7.42. The van der Waals surface area contributed by atoms with Crippen LogP contribution < -0.4 is 0 Å². The highest BCUT2D eigenvalue weighted by atomic mass is 16.5. The number of carbonyl (C=O) groups excluding carboxylic acids is 1. The summed E-state index contributed by atoms with van der Waals surface area (Å²) in [7, 11) is 0. The van der Waals surface area contributed by atoms with Gasteiger partial charge in [0.15, 0.2) is 0 Å². The third-order valence-electron chi connectivity index (χ3n) is 2.06. The van der Waals surface area contributed by atoms with E-state index in [1.807, 2.05) is 13.8 Å². The van der Waals surface area contributed by atoms with E-state index in [-0.39, 0.29) is 19.0 Å². The highest BCUT2D eigenvalue weighted by molar-refractivity contribution is 5.69. The maximum Gasteiger partial charge on any atom is 0.305 e. The second kappa shape index (κ2) is 7.76. The van der Waals surface area contributed by atoms with Crippen molar-refractivity contribution in [3.63, 3.8) is 0 Å². The molecule has 0 saturated carbocycles. The zero-order valence-electron chi connectivity index (χ0n) is 8.90. The molecule has 0 heterocycles. The summed E-state index contributed by atoms with van der Waals surface area (Å²) in [6.07, 6.45) is 0.854. The highest BCUT2D eigenvalue weighted by Crippen LogP contribution is 2.02. The summed E-state index contributed by atoms with van der Waals surface area (Å²) in [5, 5.41) is 18.3. The number of hydrogen-bond donors (Lipinski definition) is 2. The number of esters is 1. The van der Waals surface area contributed by atoms with Crippen LogP contribution >= 0.6 is 0 Å². The van der Waals surface area contributed by atoms with Gasteiger partial charge in [-0.1, -0.05) is 13.8 Å². The molecule has 4 heteroatoms. The Bertz CT molecular complexity index is 142. The Balaban J connectivity index is 3.46. The number of hydrogen-bond acceptors (Lipinski definition) is 4. The van der Waals surface area contributed by atoms with Crippen molar-refractivity contribution >= 4 is 5.97 Å². The Morgan fingerprint density at radius 3 is 2.29 bits per heavy atom. The van der Waals surface area contributed by atoms with E-state index in [1.54, 1.807) is 0 Å². The first-order valence-electron chi connectivity index (χ1n) is 5.11. The molecule has 0 aromatic heterocycles. The summed E-state index contributed by atoms with van der Waals surface area (Å²) >= 11 is 0. The minimum absolute atomic E-state index is 0.0531. The van der Waals surface area contributed by atoms with Gasteiger partial charge in [0.1, 0.15) is 6.61 Å². The average Bonchev–Trinajstić information content (AvgIpc) is 2.22. The topological polar surface area (TPSA) is 66.8 Å². The van der Waals surface area contributed by atoms with Crippen LogP contribution in [0.2, 0.25) is 0 Å². The molecule has 0 amide bonds. The summed E-state index contributed by atoms with van der Waals surface area (Å²) in [5.74, 6) is -0.356. The molecule has 4 nitrogen and oxygen atoms in total. The van der Waals surface area contributed by atoms with E-state index in [1.165, 1.54) is 0 Å². The Labute approximate surface area is 84.9 Å². The van der Waals surface area contributed by atoms with Crippen LogP contribution in [0.1, 0.15) is 39.5 Å². The van der Waals surface area contributed by atoms with Crippen LogP contribution in [0.3, 0.4) is 0 Å². The van der Waals surface area contributed by atoms with Crippen molar-refractivity contribution in [2.45, 2.75) is 51.7 Å². The van der Waals surface area contributed by atoms with E-state index in [4.69, 9.17) is 9.84 Å². The van der Waals surface area contributed by atoms with E-state index >= 15 is 0 Å². The van der Waals surface area contributed by atoms with E-state index in [0.29, 0.717) is 19.3 Å². The Morgan fingerprint density at radius 1 is 1.21 bits per heavy atom. The predicted octanol–water partition coefficient (Wildman–Crippen LogP) is 0.852. The maximum atomic E-state index is 11.0. The molecule has 0 rings (SSSR count). The lowest BCUT2D eigenvalue weighted by Crippen LogP contribution is -2.18. The zero-order chi connectivity index (χ0) is 11.0. The van der Waals surface area contributed by atoms with Crippen molar-refractivity contribution in [2.24, 2.45) is 0 Å². The van der Waals surface area contributed by atoms with Crippen LogP contribution in [0.15, 0.2) is 0 Å². The number of ether oxygens (including phenoxy) is 1. The Hall–Kier alpha value is -0.610. The normalized spacial score (nSPS) is 14.9. The van der Waals surface area contributed by atoms with Gasteiger partial charge in [0.2, 0.25) is 0 Å². The molecular weight excluding hydrogens is 184 g/mol. The molecule has 0 saturated heterocycles. The van der Waals surface area contributed by atoms with E-state index < -0.39 is 12.2 Å². The van der Waals surface area contributed by atoms with E-state index in [2.05, 4.69) is 0 Å². The summed E-state index contributed by atoms with van der Waals surface area (Å²) in [6.45, 7) is 3.73. The van der Waals surface area contributed by atoms with Crippen molar-refractivity contribution < 1.29 is 19.7 Å². The fraction of sp³-hybridized carbons (Fsp3) is 0.900. The molecule has 84 valence electrons. The van der Waals surface area contributed by atoms with Gasteiger partial charge in [0.05, 0.1) is 12.2 Å². The minimum atomic E-state index is -0.574. The minimum Gasteiger partial charge on any atom is -0.463 e. The quantitative estimate of drug-likeness (QED) is 0.603. The van der Waals surface area contributed by atoms with Crippen molar-refractivity contribution in [1.82, 2.24) is 0 Å². The standard InChI is InChI=1S/C10H20O4/c1-3-8(11)5-6-10(13)14-7-9(12)4-2/h8-9,11-12H,3-7H2,1-2H3. The smallest absolute Gasteiger partial charge is 0.305 e. The molecule has 0 radical (unpaired) electrons. The molecule has 0 aliphatic carbocycles. The molecule has 2 atom stereocenters. The lowest BCUT2D eigenvalue weighted by molar-refractivity contribution is -0.147. The van der Waals surface area contributed by atoms with Crippen molar-refractivity contribution in [3.8, 4) is 0 Å². The average molecular weight is 204 g/mol. The first-order valence-corrected chi connectivity index (χ1v) is 5.11. The summed E-state index contributed by atoms with van der Waals surface area (Å²) in [6, 6.07) is 0. The van der Waals surface area contributed by atoms with Gasteiger partial charge in [0, 0.05) is 6.42 Å². The summed E-state index contributed by atoms with van der Waals surface area (Å²) < 4.78 is 4.79. The second-order valence-electron chi connectivity index (χ2n) is 3.35. The molecule has 0 aromatic carbocycles. The first kappa shape index (κ1) is 13.4. The van der Waals surface area contributed by atoms with Gasteiger partial charge in [-0.15, -0.1) is 0 Å². The molecule has 0 bridgehead atoms. The van der Waals surface area contributed by atoms with Crippen LogP contribution in [-0.2, 0) is 9.53 Å². The van der Waals surface area contributed by atoms with Gasteiger partial charge in [-0.3, -0.25) is 4.79 Å². The van der Waals surface area contributed by atoms with Gasteiger partial charge in [-0.05, 0) is 19.3 Å².